The second kappa shape index (κ2) is 36.2. The molecule has 0 saturated carbocycles. The van der Waals surface area contributed by atoms with Crippen molar-refractivity contribution in [2.24, 2.45) is 5.73 Å². The van der Waals surface area contributed by atoms with Gasteiger partial charge in [-0.05, 0) is 77.0 Å². The molecule has 0 heterocycles. The maximum Gasteiger partial charge on any atom is 0.472 e. The molecule has 9 nitrogen and oxygen atoms in total. The number of allylic oxidation sites excluding steroid dienone is 12. The van der Waals surface area contributed by atoms with Crippen molar-refractivity contribution in [3.8, 4) is 0 Å². The summed E-state index contributed by atoms with van der Waals surface area (Å²) >= 11 is 0. The van der Waals surface area contributed by atoms with Gasteiger partial charge >= 0.3 is 19.8 Å². The van der Waals surface area contributed by atoms with E-state index in [-0.39, 0.29) is 32.6 Å². The Morgan fingerprint density at radius 3 is 1.72 bits per heavy atom. The topological polar surface area (TPSA) is 134 Å². The second-order valence-electron chi connectivity index (χ2n) is 12.1. The third-order valence-corrected chi connectivity index (χ3v) is 8.31. The number of esters is 2. The van der Waals surface area contributed by atoms with Crippen molar-refractivity contribution in [1.82, 2.24) is 0 Å². The van der Waals surface area contributed by atoms with E-state index >= 15 is 0 Å². The molecule has 0 saturated heterocycles. The van der Waals surface area contributed by atoms with Crippen molar-refractivity contribution in [3.05, 3.63) is 72.9 Å². The molecule has 0 aliphatic heterocycles. The van der Waals surface area contributed by atoms with E-state index in [0.717, 1.165) is 77.0 Å². The molecule has 3 N–H and O–H groups in total. The van der Waals surface area contributed by atoms with Crippen LogP contribution in [0.25, 0.3) is 0 Å². The number of phosphoric ester groups is 1. The first kappa shape index (κ1) is 47.4. The lowest BCUT2D eigenvalue weighted by atomic mass is 10.1. The molecule has 0 aromatic carbocycles. The molecule has 0 radical (unpaired) electrons. The van der Waals surface area contributed by atoms with Gasteiger partial charge in [0.2, 0.25) is 0 Å². The van der Waals surface area contributed by atoms with Crippen LogP contribution in [-0.2, 0) is 32.7 Å². The summed E-state index contributed by atoms with van der Waals surface area (Å²) in [4.78, 5) is 34.7. The lowest BCUT2D eigenvalue weighted by Crippen LogP contribution is -2.29. The van der Waals surface area contributed by atoms with Gasteiger partial charge in [0.1, 0.15) is 6.61 Å². The van der Waals surface area contributed by atoms with E-state index in [9.17, 15) is 19.0 Å². The Morgan fingerprint density at radius 1 is 0.620 bits per heavy atom. The van der Waals surface area contributed by atoms with Gasteiger partial charge in [0, 0.05) is 19.4 Å². The molecule has 0 fully saturated rings. The molecular weight excluding hydrogens is 653 g/mol. The average molecular weight is 722 g/mol. The van der Waals surface area contributed by atoms with Crippen LogP contribution in [0.2, 0.25) is 0 Å². The van der Waals surface area contributed by atoms with Crippen LogP contribution in [-0.4, -0.2) is 49.3 Å². The quantitative estimate of drug-likeness (QED) is 0.0288. The normalized spacial score (nSPS) is 14.2. The third-order valence-electron chi connectivity index (χ3n) is 7.33. The summed E-state index contributed by atoms with van der Waals surface area (Å²) in [5.41, 5.74) is 5.32. The number of nitrogens with two attached hydrogens (primary N) is 1. The van der Waals surface area contributed by atoms with E-state index in [4.69, 9.17) is 24.3 Å². The number of hydrogen-bond acceptors (Lipinski definition) is 8. The molecule has 10 heteroatoms. The molecule has 0 aromatic rings. The van der Waals surface area contributed by atoms with Crippen LogP contribution in [0.1, 0.15) is 136 Å². The van der Waals surface area contributed by atoms with Crippen LogP contribution in [0.4, 0.5) is 0 Å². The van der Waals surface area contributed by atoms with Crippen LogP contribution in [0.5, 0.6) is 0 Å². The maximum absolute atomic E-state index is 12.5. The van der Waals surface area contributed by atoms with Crippen LogP contribution in [0.15, 0.2) is 72.9 Å². The Bertz CT molecular complexity index is 1050. The SMILES string of the molecule is CC/C=C\C/C=C\C/C=C\C/C=C\C/C=C\CCCC(=O)OC[C@H](COP(=O)(O)OCCN)OC(=O)CCCCCCC/C=C\CCCCC. The van der Waals surface area contributed by atoms with Crippen molar-refractivity contribution in [2.75, 3.05) is 26.4 Å². The number of carbonyl (C=O) groups is 2. The van der Waals surface area contributed by atoms with Gasteiger partial charge in [-0.3, -0.25) is 18.6 Å². The van der Waals surface area contributed by atoms with Gasteiger partial charge in [0.25, 0.3) is 0 Å². The van der Waals surface area contributed by atoms with Crippen LogP contribution >= 0.6 is 7.82 Å². The molecule has 0 aliphatic carbocycles. The number of unbranched alkanes of at least 4 members (excludes halogenated alkanes) is 9. The molecule has 2 atom stereocenters. The van der Waals surface area contributed by atoms with Crippen molar-refractivity contribution >= 4 is 19.8 Å². The second-order valence-corrected chi connectivity index (χ2v) is 13.5. The highest BCUT2D eigenvalue weighted by Gasteiger charge is 2.25. The van der Waals surface area contributed by atoms with Gasteiger partial charge in [0.15, 0.2) is 6.10 Å². The van der Waals surface area contributed by atoms with E-state index in [1.807, 2.05) is 6.08 Å². The van der Waals surface area contributed by atoms with E-state index in [1.54, 1.807) is 0 Å². The van der Waals surface area contributed by atoms with Gasteiger partial charge in [-0.25, -0.2) is 4.57 Å². The summed E-state index contributed by atoms with van der Waals surface area (Å²) in [6, 6.07) is 0. The van der Waals surface area contributed by atoms with Crippen molar-refractivity contribution in [2.45, 2.75) is 142 Å². The summed E-state index contributed by atoms with van der Waals surface area (Å²) in [5.74, 6) is -0.917. The minimum atomic E-state index is -4.39. The van der Waals surface area contributed by atoms with Gasteiger partial charge < -0.3 is 20.1 Å². The zero-order valence-electron chi connectivity index (χ0n) is 31.1. The molecule has 0 rings (SSSR count). The lowest BCUT2D eigenvalue weighted by molar-refractivity contribution is -0.161. The van der Waals surface area contributed by atoms with Crippen molar-refractivity contribution < 1.29 is 37.6 Å². The Kier molecular flexibility index (Phi) is 34.4. The van der Waals surface area contributed by atoms with Gasteiger partial charge in [0.05, 0.1) is 13.2 Å². The smallest absolute Gasteiger partial charge is 0.462 e. The molecular formula is C40H68NO8P. The molecule has 0 aliphatic rings. The minimum absolute atomic E-state index is 0.0410. The Hall–Kier alpha value is -2.55. The molecule has 0 spiro atoms. The Balaban J connectivity index is 4.35. The molecule has 0 aromatic heterocycles. The summed E-state index contributed by atoms with van der Waals surface area (Å²) in [6.45, 7) is 3.48. The number of carbonyl (C=O) groups excluding carboxylic acids is 2. The monoisotopic (exact) mass is 721 g/mol. The van der Waals surface area contributed by atoms with Crippen molar-refractivity contribution in [3.63, 3.8) is 0 Å². The van der Waals surface area contributed by atoms with Gasteiger partial charge in [-0.2, -0.15) is 0 Å². The fourth-order valence-corrected chi connectivity index (χ4v) is 5.31. The highest BCUT2D eigenvalue weighted by molar-refractivity contribution is 7.47. The van der Waals surface area contributed by atoms with Crippen LogP contribution < -0.4 is 5.73 Å². The molecule has 50 heavy (non-hydrogen) atoms. The molecule has 0 amide bonds. The first-order chi connectivity index (χ1) is 24.3. The van der Waals surface area contributed by atoms with Crippen molar-refractivity contribution in [1.29, 1.82) is 0 Å². The zero-order valence-corrected chi connectivity index (χ0v) is 32.0. The highest BCUT2D eigenvalue weighted by Crippen LogP contribution is 2.43. The predicted molar refractivity (Wildman–Crippen MR) is 206 cm³/mol. The highest BCUT2D eigenvalue weighted by atomic mass is 31.2. The lowest BCUT2D eigenvalue weighted by Gasteiger charge is -2.19. The molecule has 286 valence electrons. The van der Waals surface area contributed by atoms with E-state index in [2.05, 4.69) is 80.7 Å². The van der Waals surface area contributed by atoms with E-state index in [0.29, 0.717) is 12.8 Å². The molecule has 0 bridgehead atoms. The third kappa shape index (κ3) is 35.3. The summed E-state index contributed by atoms with van der Waals surface area (Å²) in [5, 5.41) is 0. The largest absolute Gasteiger partial charge is 0.472 e. The number of phosphoric acid groups is 1. The van der Waals surface area contributed by atoms with Crippen LogP contribution in [0.3, 0.4) is 0 Å². The maximum atomic E-state index is 12.5. The minimum Gasteiger partial charge on any atom is -0.462 e. The predicted octanol–water partition coefficient (Wildman–Crippen LogP) is 10.3. The average Bonchev–Trinajstić information content (AvgIpc) is 3.10. The standard InChI is InChI=1S/C40H68NO8P/c1-3-5-7-9-11-13-15-17-18-19-20-21-23-24-26-28-30-32-39(42)46-36-38(37-48-50(44,45)47-35-34-41)49-40(43)33-31-29-27-25-22-16-14-12-10-8-6-4-2/h5,7,11-14,17-18,20-21,24,26,38H,3-4,6,8-10,15-16,19,22-23,25,27-37,41H2,1-2H3,(H,44,45)/b7-5-,13-11-,14-12-,18-17-,21-20-,26-24-/t38-/m1/s1. The summed E-state index contributed by atoms with van der Waals surface area (Å²) < 4.78 is 32.6. The first-order valence-corrected chi connectivity index (χ1v) is 20.4. The van der Waals surface area contributed by atoms with E-state index < -0.39 is 32.5 Å². The number of rotatable bonds is 34. The fraction of sp³-hybridized carbons (Fsp3) is 0.650. The number of hydrogen-bond donors (Lipinski definition) is 2. The van der Waals surface area contributed by atoms with Crippen LogP contribution in [0, 0.1) is 0 Å². The van der Waals surface area contributed by atoms with Gasteiger partial charge in [-0.1, -0.05) is 119 Å². The van der Waals surface area contributed by atoms with E-state index in [1.165, 1.54) is 19.3 Å². The Labute approximate surface area is 303 Å². The summed E-state index contributed by atoms with van der Waals surface area (Å²) in [7, 11) is -4.39. The fourth-order valence-electron chi connectivity index (χ4n) is 4.54. The first-order valence-electron chi connectivity index (χ1n) is 18.9. The Morgan fingerprint density at radius 2 is 1.12 bits per heavy atom. The number of ether oxygens (including phenoxy) is 2. The summed E-state index contributed by atoms with van der Waals surface area (Å²) in [6.07, 6.45) is 42.3. The molecule has 1 unspecified atom stereocenters. The van der Waals surface area contributed by atoms with Gasteiger partial charge in [-0.15, -0.1) is 0 Å². The zero-order chi connectivity index (χ0) is 36.8.